The fraction of sp³-hybridized carbons (Fsp3) is 0.611. The summed E-state index contributed by atoms with van der Waals surface area (Å²) in [5.41, 5.74) is 0.928. The molecule has 1 aliphatic carbocycles. The van der Waals surface area contributed by atoms with Gasteiger partial charge in [0.25, 0.3) is 0 Å². The molecule has 1 spiro atoms. The Kier molecular flexibility index (Phi) is 4.29. The van der Waals surface area contributed by atoms with Gasteiger partial charge in [-0.25, -0.2) is 0 Å². The summed E-state index contributed by atoms with van der Waals surface area (Å²) in [4.78, 5) is 11.6. The van der Waals surface area contributed by atoms with Gasteiger partial charge in [0.2, 0.25) is 0 Å². The van der Waals surface area contributed by atoms with Gasteiger partial charge in [-0.2, -0.15) is 0 Å². The molecule has 3 nitrogen and oxygen atoms in total. The van der Waals surface area contributed by atoms with Crippen LogP contribution in [0.3, 0.4) is 0 Å². The summed E-state index contributed by atoms with van der Waals surface area (Å²) in [7, 11) is 0. The monoisotopic (exact) mass is 288 g/mol. The third kappa shape index (κ3) is 3.29. The van der Waals surface area contributed by atoms with E-state index in [0.29, 0.717) is 13.0 Å². The minimum Gasteiger partial charge on any atom is -0.491 e. The van der Waals surface area contributed by atoms with E-state index in [2.05, 4.69) is 0 Å². The van der Waals surface area contributed by atoms with Crippen LogP contribution in [-0.2, 0) is 4.74 Å². The average molecular weight is 288 g/mol. The fourth-order valence-corrected chi connectivity index (χ4v) is 3.53. The molecule has 1 aliphatic heterocycles. The third-order valence-electron chi connectivity index (χ3n) is 4.79. The fourth-order valence-electron chi connectivity index (χ4n) is 3.53. The Hall–Kier alpha value is -1.35. The molecule has 2 fully saturated rings. The van der Waals surface area contributed by atoms with Gasteiger partial charge in [-0.3, -0.25) is 4.79 Å². The van der Waals surface area contributed by atoms with Gasteiger partial charge in [-0.05, 0) is 49.9 Å². The highest BCUT2D eigenvalue weighted by atomic mass is 16.6. The molecule has 1 saturated carbocycles. The number of Topliss-reactive ketones (excluding diaryl/α,β-unsaturated/α-hetero) is 1. The SMILES string of the molecule is CCC(=O)c1ccc(OCC2CCC3(CCCC3)O2)cc1. The number of carbonyl (C=O) groups is 1. The summed E-state index contributed by atoms with van der Waals surface area (Å²) in [6.45, 7) is 2.49. The molecule has 3 rings (SSSR count). The second-order valence-electron chi connectivity index (χ2n) is 6.28. The highest BCUT2D eigenvalue weighted by Crippen LogP contribution is 2.43. The maximum atomic E-state index is 11.6. The molecule has 1 heterocycles. The molecule has 1 unspecified atom stereocenters. The zero-order chi connectivity index (χ0) is 14.7. The number of ether oxygens (including phenoxy) is 2. The topological polar surface area (TPSA) is 35.5 Å². The number of benzene rings is 1. The van der Waals surface area contributed by atoms with Crippen molar-refractivity contribution in [2.75, 3.05) is 6.61 Å². The molecule has 1 aromatic rings. The highest BCUT2D eigenvalue weighted by molar-refractivity contribution is 5.95. The molecule has 0 amide bonds. The molecule has 1 aromatic carbocycles. The predicted octanol–water partition coefficient (Wildman–Crippen LogP) is 4.15. The Morgan fingerprint density at radius 2 is 1.95 bits per heavy atom. The predicted molar refractivity (Wildman–Crippen MR) is 81.9 cm³/mol. The van der Waals surface area contributed by atoms with Gasteiger partial charge in [0.1, 0.15) is 12.4 Å². The lowest BCUT2D eigenvalue weighted by Crippen LogP contribution is -2.27. The standard InChI is InChI=1S/C18H24O3/c1-2-17(19)14-5-7-15(8-6-14)20-13-16-9-12-18(21-16)10-3-4-11-18/h5-8,16H,2-4,9-13H2,1H3. The molecule has 21 heavy (non-hydrogen) atoms. The van der Waals surface area contributed by atoms with E-state index < -0.39 is 0 Å². The zero-order valence-electron chi connectivity index (χ0n) is 12.8. The minimum absolute atomic E-state index is 0.170. The van der Waals surface area contributed by atoms with Gasteiger partial charge in [0.15, 0.2) is 5.78 Å². The smallest absolute Gasteiger partial charge is 0.162 e. The summed E-state index contributed by atoms with van der Waals surface area (Å²) in [6.07, 6.45) is 8.10. The van der Waals surface area contributed by atoms with Crippen LogP contribution in [0.2, 0.25) is 0 Å². The van der Waals surface area contributed by atoms with Crippen LogP contribution in [0.4, 0.5) is 0 Å². The number of rotatable bonds is 5. The molecule has 3 heteroatoms. The minimum atomic E-state index is 0.170. The van der Waals surface area contributed by atoms with Crippen molar-refractivity contribution in [1.29, 1.82) is 0 Å². The maximum Gasteiger partial charge on any atom is 0.162 e. The van der Waals surface area contributed by atoms with Crippen LogP contribution in [0, 0.1) is 0 Å². The van der Waals surface area contributed by atoms with E-state index in [-0.39, 0.29) is 17.5 Å². The van der Waals surface area contributed by atoms with Crippen molar-refractivity contribution in [3.05, 3.63) is 29.8 Å². The van der Waals surface area contributed by atoms with Crippen LogP contribution in [0.5, 0.6) is 5.75 Å². The summed E-state index contributed by atoms with van der Waals surface area (Å²) in [6, 6.07) is 7.44. The van der Waals surface area contributed by atoms with Gasteiger partial charge in [0, 0.05) is 12.0 Å². The summed E-state index contributed by atoms with van der Waals surface area (Å²) < 4.78 is 12.1. The van der Waals surface area contributed by atoms with Crippen LogP contribution in [0.15, 0.2) is 24.3 Å². The summed E-state index contributed by atoms with van der Waals surface area (Å²) in [5, 5.41) is 0. The second kappa shape index (κ2) is 6.18. The van der Waals surface area contributed by atoms with Crippen molar-refractivity contribution in [2.45, 2.75) is 63.6 Å². The first-order valence-electron chi connectivity index (χ1n) is 8.15. The van der Waals surface area contributed by atoms with Crippen molar-refractivity contribution >= 4 is 5.78 Å². The molecular formula is C18H24O3. The van der Waals surface area contributed by atoms with Gasteiger partial charge in [-0.15, -0.1) is 0 Å². The van der Waals surface area contributed by atoms with Crippen molar-refractivity contribution in [3.8, 4) is 5.75 Å². The lowest BCUT2D eigenvalue weighted by atomic mass is 9.98. The number of ketones is 1. The molecule has 0 radical (unpaired) electrons. The van der Waals surface area contributed by atoms with Crippen molar-refractivity contribution in [3.63, 3.8) is 0 Å². The average Bonchev–Trinajstić information content (AvgIpc) is 3.15. The van der Waals surface area contributed by atoms with E-state index in [1.54, 1.807) is 0 Å². The maximum absolute atomic E-state index is 11.6. The molecule has 0 aromatic heterocycles. The van der Waals surface area contributed by atoms with Crippen molar-refractivity contribution < 1.29 is 14.3 Å². The molecule has 2 aliphatic rings. The third-order valence-corrected chi connectivity index (χ3v) is 4.79. The Labute approximate surface area is 126 Å². The van der Waals surface area contributed by atoms with Crippen LogP contribution >= 0.6 is 0 Å². The molecular weight excluding hydrogens is 264 g/mol. The van der Waals surface area contributed by atoms with Gasteiger partial charge in [-0.1, -0.05) is 19.8 Å². The zero-order valence-corrected chi connectivity index (χ0v) is 12.8. The first kappa shape index (κ1) is 14.6. The summed E-state index contributed by atoms with van der Waals surface area (Å²) in [5.74, 6) is 0.988. The quantitative estimate of drug-likeness (QED) is 0.764. The van der Waals surface area contributed by atoms with E-state index in [1.807, 2.05) is 31.2 Å². The molecule has 1 saturated heterocycles. The van der Waals surface area contributed by atoms with Crippen LogP contribution in [-0.4, -0.2) is 24.1 Å². The van der Waals surface area contributed by atoms with E-state index in [0.717, 1.165) is 17.7 Å². The molecule has 0 bridgehead atoms. The van der Waals surface area contributed by atoms with E-state index in [9.17, 15) is 4.79 Å². The molecule has 0 N–H and O–H groups in total. The largest absolute Gasteiger partial charge is 0.491 e. The van der Waals surface area contributed by atoms with Crippen LogP contribution < -0.4 is 4.74 Å². The lowest BCUT2D eigenvalue weighted by Gasteiger charge is -2.23. The van der Waals surface area contributed by atoms with E-state index >= 15 is 0 Å². The molecule has 1 atom stereocenters. The lowest BCUT2D eigenvalue weighted by molar-refractivity contribution is -0.0508. The van der Waals surface area contributed by atoms with Gasteiger partial charge in [0.05, 0.1) is 11.7 Å². The number of hydrogen-bond acceptors (Lipinski definition) is 3. The van der Waals surface area contributed by atoms with Gasteiger partial charge >= 0.3 is 0 Å². The van der Waals surface area contributed by atoms with Crippen LogP contribution in [0.1, 0.15) is 62.2 Å². The highest BCUT2D eigenvalue weighted by Gasteiger charge is 2.42. The van der Waals surface area contributed by atoms with Crippen molar-refractivity contribution in [2.24, 2.45) is 0 Å². The number of hydrogen-bond donors (Lipinski definition) is 0. The van der Waals surface area contributed by atoms with E-state index in [4.69, 9.17) is 9.47 Å². The molecule has 114 valence electrons. The second-order valence-corrected chi connectivity index (χ2v) is 6.28. The van der Waals surface area contributed by atoms with Crippen molar-refractivity contribution in [1.82, 2.24) is 0 Å². The Morgan fingerprint density at radius 1 is 1.24 bits per heavy atom. The number of carbonyl (C=O) groups excluding carboxylic acids is 1. The van der Waals surface area contributed by atoms with Crippen LogP contribution in [0.25, 0.3) is 0 Å². The Bertz CT molecular complexity index is 486. The first-order chi connectivity index (χ1) is 10.2. The Balaban J connectivity index is 1.50. The van der Waals surface area contributed by atoms with Gasteiger partial charge < -0.3 is 9.47 Å². The normalized spacial score (nSPS) is 23.6. The Morgan fingerprint density at radius 3 is 2.62 bits per heavy atom. The van der Waals surface area contributed by atoms with E-state index in [1.165, 1.54) is 32.1 Å². The first-order valence-corrected chi connectivity index (χ1v) is 8.15. The summed E-state index contributed by atoms with van der Waals surface area (Å²) >= 11 is 0.